The lowest BCUT2D eigenvalue weighted by Crippen LogP contribution is -2.46. The molecule has 3 heterocycles. The summed E-state index contributed by atoms with van der Waals surface area (Å²) in [6.07, 6.45) is 3.22. The van der Waals surface area contributed by atoms with E-state index < -0.39 is 10.0 Å². The zero-order valence-electron chi connectivity index (χ0n) is 18.0. The zero-order chi connectivity index (χ0) is 22.8. The van der Waals surface area contributed by atoms with E-state index >= 15 is 0 Å². The topological polar surface area (TPSA) is 91.7 Å². The Balaban J connectivity index is 1.37. The Morgan fingerprint density at radius 2 is 1.76 bits per heavy atom. The number of rotatable bonds is 4. The van der Waals surface area contributed by atoms with E-state index in [1.807, 2.05) is 53.4 Å². The van der Waals surface area contributed by atoms with Crippen LogP contribution < -0.4 is 5.32 Å². The summed E-state index contributed by atoms with van der Waals surface area (Å²) in [5, 5.41) is 3.18. The number of hydrogen-bond acceptors (Lipinski definition) is 5. The van der Waals surface area contributed by atoms with Gasteiger partial charge in [-0.3, -0.25) is 9.78 Å². The molecule has 2 aliphatic heterocycles. The Kier molecular flexibility index (Phi) is 5.68. The van der Waals surface area contributed by atoms with Gasteiger partial charge in [0.2, 0.25) is 5.91 Å². The first-order chi connectivity index (χ1) is 16.0. The van der Waals surface area contributed by atoms with Crippen LogP contribution in [-0.2, 0) is 14.8 Å². The molecule has 168 valence electrons. The van der Waals surface area contributed by atoms with Crippen molar-refractivity contribution in [2.24, 2.45) is 10.3 Å². The number of amidine groups is 1. The minimum Gasteiger partial charge on any atom is -0.355 e. The number of benzene rings is 2. The molecule has 2 atom stereocenters. The van der Waals surface area contributed by atoms with E-state index in [1.165, 1.54) is 0 Å². The van der Waals surface area contributed by atoms with Gasteiger partial charge in [-0.25, -0.2) is 0 Å². The maximum absolute atomic E-state index is 13.4. The number of pyridine rings is 1. The van der Waals surface area contributed by atoms with Gasteiger partial charge >= 0.3 is 0 Å². The summed E-state index contributed by atoms with van der Waals surface area (Å²) in [5.74, 6) is 0.0771. The molecule has 0 bridgehead atoms. The van der Waals surface area contributed by atoms with Crippen LogP contribution in [0.15, 0.2) is 88.3 Å². The Morgan fingerprint density at radius 3 is 2.55 bits per heavy atom. The maximum atomic E-state index is 13.4. The van der Waals surface area contributed by atoms with Crippen molar-refractivity contribution in [3.63, 3.8) is 0 Å². The number of aromatic nitrogens is 1. The van der Waals surface area contributed by atoms with Crippen molar-refractivity contribution in [3.8, 4) is 0 Å². The Bertz CT molecular complexity index is 1250. The van der Waals surface area contributed by atoms with Crippen LogP contribution >= 0.6 is 0 Å². The lowest BCUT2D eigenvalue weighted by molar-refractivity contribution is -0.126. The molecule has 1 saturated heterocycles. The van der Waals surface area contributed by atoms with Crippen molar-refractivity contribution in [1.82, 2.24) is 15.2 Å². The third-order valence-electron chi connectivity index (χ3n) is 6.11. The number of fused-ring (bicyclic) bond motifs is 1. The summed E-state index contributed by atoms with van der Waals surface area (Å²) >= 11 is 0. The lowest BCUT2D eigenvalue weighted by Gasteiger charge is -2.34. The normalized spacial score (nSPS) is 19.9. The van der Waals surface area contributed by atoms with Gasteiger partial charge in [-0.1, -0.05) is 48.5 Å². The van der Waals surface area contributed by atoms with E-state index in [2.05, 4.69) is 14.7 Å². The van der Waals surface area contributed by atoms with E-state index in [4.69, 9.17) is 0 Å². The number of nitrogens with zero attached hydrogens (tertiary/aromatic N) is 3. The predicted octanol–water partition coefficient (Wildman–Crippen LogP) is 3.15. The van der Waals surface area contributed by atoms with Crippen molar-refractivity contribution in [2.45, 2.75) is 23.8 Å². The molecular formula is C25H24N4O3S. The van der Waals surface area contributed by atoms with Crippen LogP contribution in [0.3, 0.4) is 0 Å². The Labute approximate surface area is 193 Å². The molecule has 8 heteroatoms. The highest BCUT2D eigenvalue weighted by Gasteiger charge is 2.35. The van der Waals surface area contributed by atoms with Crippen molar-refractivity contribution < 1.29 is 13.2 Å². The molecule has 2 unspecified atom stereocenters. The molecule has 5 rings (SSSR count). The molecule has 33 heavy (non-hydrogen) atoms. The average molecular weight is 461 g/mol. The first-order valence-electron chi connectivity index (χ1n) is 11.0. The van der Waals surface area contributed by atoms with E-state index in [9.17, 15) is 13.2 Å². The third-order valence-corrected chi connectivity index (χ3v) is 7.43. The predicted molar refractivity (Wildman–Crippen MR) is 125 cm³/mol. The van der Waals surface area contributed by atoms with Crippen LogP contribution in [0.4, 0.5) is 0 Å². The van der Waals surface area contributed by atoms with Gasteiger partial charge in [0.05, 0.1) is 17.7 Å². The van der Waals surface area contributed by atoms with Crippen LogP contribution in [0, 0.1) is 5.92 Å². The minimum absolute atomic E-state index is 0.0751. The monoisotopic (exact) mass is 460 g/mol. The molecule has 1 N–H and O–H groups in total. The smallest absolute Gasteiger partial charge is 0.285 e. The molecule has 1 aromatic heterocycles. The molecule has 0 radical (unpaired) electrons. The molecule has 0 spiro atoms. The molecule has 0 aliphatic carbocycles. The number of carbonyl (C=O) groups is 1. The summed E-state index contributed by atoms with van der Waals surface area (Å²) in [6, 6.07) is 21.9. The van der Waals surface area contributed by atoms with E-state index in [-0.39, 0.29) is 22.8 Å². The quantitative estimate of drug-likeness (QED) is 0.646. The first kappa shape index (κ1) is 21.3. The zero-order valence-corrected chi connectivity index (χ0v) is 18.8. The SMILES string of the molecule is O=C(NC(c1ccccc1)c1ccccn1)C1CCCN(C2=NS(=O)(=O)c3ccccc32)C1. The van der Waals surface area contributed by atoms with Gasteiger partial charge in [0, 0.05) is 24.8 Å². The fraction of sp³-hybridized carbons (Fsp3) is 0.240. The standard InChI is InChI=1S/C25H24N4O3S/c30-25(27-23(18-9-2-1-3-10-18)21-13-6-7-15-26-21)19-11-8-16-29(17-19)24-20-12-4-5-14-22(20)33(31,32)28-24/h1-7,9-10,12-15,19,23H,8,11,16-17H2,(H,27,30). The molecule has 2 aromatic carbocycles. The molecule has 7 nitrogen and oxygen atoms in total. The highest BCUT2D eigenvalue weighted by Crippen LogP contribution is 2.30. The second-order valence-electron chi connectivity index (χ2n) is 8.28. The molecule has 0 saturated carbocycles. The maximum Gasteiger partial charge on any atom is 0.285 e. The number of nitrogens with one attached hydrogen (secondary N) is 1. The molecule has 1 fully saturated rings. The fourth-order valence-electron chi connectivity index (χ4n) is 4.48. The highest BCUT2D eigenvalue weighted by atomic mass is 32.2. The Morgan fingerprint density at radius 1 is 1.00 bits per heavy atom. The van der Waals surface area contributed by atoms with Crippen LogP contribution in [-0.4, -0.2) is 43.1 Å². The van der Waals surface area contributed by atoms with E-state index in [0.717, 1.165) is 24.1 Å². The lowest BCUT2D eigenvalue weighted by atomic mass is 9.95. The number of hydrogen-bond donors (Lipinski definition) is 1. The second-order valence-corrected chi connectivity index (χ2v) is 9.85. The second kappa shape index (κ2) is 8.78. The van der Waals surface area contributed by atoms with Gasteiger partial charge in [0.1, 0.15) is 4.90 Å². The molecule has 1 amide bonds. The van der Waals surface area contributed by atoms with Crippen molar-refractivity contribution in [1.29, 1.82) is 0 Å². The number of likely N-dealkylation sites (tertiary alicyclic amines) is 1. The summed E-state index contributed by atoms with van der Waals surface area (Å²) in [4.78, 5) is 20.0. The summed E-state index contributed by atoms with van der Waals surface area (Å²) in [7, 11) is -3.70. The van der Waals surface area contributed by atoms with Crippen molar-refractivity contribution in [3.05, 3.63) is 95.8 Å². The van der Waals surface area contributed by atoms with Gasteiger partial charge < -0.3 is 10.2 Å². The number of piperidine rings is 1. The summed E-state index contributed by atoms with van der Waals surface area (Å²) < 4.78 is 29.0. The summed E-state index contributed by atoms with van der Waals surface area (Å²) in [5.41, 5.74) is 2.33. The van der Waals surface area contributed by atoms with Gasteiger partial charge in [0.25, 0.3) is 10.0 Å². The van der Waals surface area contributed by atoms with Crippen LogP contribution in [0.5, 0.6) is 0 Å². The molecule has 3 aromatic rings. The molecule has 2 aliphatic rings. The van der Waals surface area contributed by atoms with E-state index in [0.29, 0.717) is 24.5 Å². The van der Waals surface area contributed by atoms with Gasteiger partial charge in [-0.15, -0.1) is 4.40 Å². The fourth-order valence-corrected chi connectivity index (χ4v) is 5.71. The minimum atomic E-state index is -3.70. The Hall–Kier alpha value is -3.52. The van der Waals surface area contributed by atoms with Gasteiger partial charge in [-0.2, -0.15) is 8.42 Å². The van der Waals surface area contributed by atoms with Crippen molar-refractivity contribution in [2.75, 3.05) is 13.1 Å². The summed E-state index contributed by atoms with van der Waals surface area (Å²) in [6.45, 7) is 1.08. The third kappa shape index (κ3) is 4.26. The van der Waals surface area contributed by atoms with Crippen LogP contribution in [0.1, 0.15) is 35.7 Å². The van der Waals surface area contributed by atoms with Gasteiger partial charge in [0.15, 0.2) is 5.84 Å². The van der Waals surface area contributed by atoms with Gasteiger partial charge in [-0.05, 0) is 42.7 Å². The number of carbonyl (C=O) groups excluding carboxylic acids is 1. The molecular weight excluding hydrogens is 436 g/mol. The van der Waals surface area contributed by atoms with Crippen molar-refractivity contribution >= 4 is 21.8 Å². The van der Waals surface area contributed by atoms with E-state index in [1.54, 1.807) is 30.5 Å². The van der Waals surface area contributed by atoms with Crippen LogP contribution in [0.2, 0.25) is 0 Å². The number of sulfonamides is 1. The van der Waals surface area contributed by atoms with Crippen LogP contribution in [0.25, 0.3) is 0 Å². The highest BCUT2D eigenvalue weighted by molar-refractivity contribution is 7.90. The number of amides is 1. The largest absolute Gasteiger partial charge is 0.355 e. The average Bonchev–Trinajstić information content (AvgIpc) is 3.14. The first-order valence-corrected chi connectivity index (χ1v) is 12.4.